The van der Waals surface area contributed by atoms with Crippen LogP contribution in [-0.2, 0) is 16.0 Å². The largest absolute Gasteiger partial charge is 0.507 e. The average Bonchev–Trinajstić information content (AvgIpc) is 3.28. The lowest BCUT2D eigenvalue weighted by atomic mass is 9.96. The van der Waals surface area contributed by atoms with Crippen LogP contribution >= 0.6 is 23.5 Å². The van der Waals surface area contributed by atoms with E-state index in [1.807, 2.05) is 23.5 Å². The van der Waals surface area contributed by atoms with Crippen LogP contribution in [0.2, 0.25) is 0 Å². The summed E-state index contributed by atoms with van der Waals surface area (Å²) in [7, 11) is 3.70. The van der Waals surface area contributed by atoms with Gasteiger partial charge < -0.3 is 30.1 Å². The molecule has 0 amide bonds. The van der Waals surface area contributed by atoms with Crippen molar-refractivity contribution in [1.29, 1.82) is 0 Å². The van der Waals surface area contributed by atoms with Gasteiger partial charge in [0.25, 0.3) is 0 Å². The molecular formula is C38H40N2O8S2. The third kappa shape index (κ3) is 10.4. The lowest BCUT2D eigenvalue weighted by Gasteiger charge is -2.38. The number of thioether (sulfide) groups is 1. The van der Waals surface area contributed by atoms with E-state index in [0.717, 1.165) is 19.5 Å². The molecule has 0 saturated carbocycles. The Balaban J connectivity index is 0.000000191. The number of carbonyl (C=O) groups is 3. The Morgan fingerprint density at radius 3 is 2.06 bits per heavy atom. The quantitative estimate of drug-likeness (QED) is 0.0946. The van der Waals surface area contributed by atoms with Gasteiger partial charge in [0.15, 0.2) is 5.78 Å². The number of benzene rings is 4. The number of carboxylic acid groups (broad SMARTS) is 2. The van der Waals surface area contributed by atoms with Gasteiger partial charge in [-0.3, -0.25) is 9.69 Å². The molecule has 4 aromatic rings. The average molecular weight is 717 g/mol. The number of carboxylic acids is 2. The number of phenols is 2. The molecule has 0 spiro atoms. The second-order valence-corrected chi connectivity index (χ2v) is 13.4. The molecule has 1 fully saturated rings. The van der Waals surface area contributed by atoms with E-state index in [-0.39, 0.29) is 22.6 Å². The first-order valence-corrected chi connectivity index (χ1v) is 17.7. The van der Waals surface area contributed by atoms with Crippen LogP contribution in [0.25, 0.3) is 0 Å². The Hall–Kier alpha value is -4.75. The van der Waals surface area contributed by atoms with Crippen molar-refractivity contribution in [2.45, 2.75) is 27.1 Å². The Morgan fingerprint density at radius 2 is 1.44 bits per heavy atom. The van der Waals surface area contributed by atoms with E-state index in [1.54, 1.807) is 18.2 Å². The minimum Gasteiger partial charge on any atom is -0.507 e. The Labute approximate surface area is 300 Å². The van der Waals surface area contributed by atoms with Crippen LogP contribution < -0.4 is 4.74 Å². The van der Waals surface area contributed by atoms with Crippen molar-refractivity contribution >= 4 is 41.2 Å². The topological polar surface area (TPSA) is 148 Å². The van der Waals surface area contributed by atoms with Crippen molar-refractivity contribution in [3.63, 3.8) is 0 Å². The molecule has 262 valence electrons. The number of methoxy groups -OCH3 is 1. The highest BCUT2D eigenvalue weighted by molar-refractivity contribution is 7.99. The maximum atomic E-state index is 12.1. The lowest BCUT2D eigenvalue weighted by molar-refractivity contribution is -0.134. The standard InChI is InChI=1S/C20H24N2S2.C14H12O4.C4H4O4/c1-21-9-11-22(12-10-21)18-13-15-5-3-4-6-19(15)24-20-8-7-16(23-2)14-17(18)20;1-18-9-6-7-11(13(16)8-9)14(17)10-4-2-3-5-12(10)15;5-3(6)1-2-4(7)8/h3-8,14,18H,9-13H2,1-2H3;2-8,15-16H,1H3;1-2H,(H,5,6)(H,7,8). The van der Waals surface area contributed by atoms with Crippen LogP contribution in [0.4, 0.5) is 0 Å². The highest BCUT2D eigenvalue weighted by Gasteiger charge is 2.29. The summed E-state index contributed by atoms with van der Waals surface area (Å²) in [5, 5.41) is 35.0. The molecule has 0 bridgehead atoms. The summed E-state index contributed by atoms with van der Waals surface area (Å²) >= 11 is 3.79. The number of carbonyl (C=O) groups excluding carboxylic acids is 1. The van der Waals surface area contributed by atoms with Gasteiger partial charge in [0, 0.05) is 65.1 Å². The molecule has 0 aromatic heterocycles. The molecular weight excluding hydrogens is 677 g/mol. The van der Waals surface area contributed by atoms with Gasteiger partial charge in [-0.15, -0.1) is 11.8 Å². The van der Waals surface area contributed by atoms with Crippen LogP contribution in [0.15, 0.2) is 112 Å². The van der Waals surface area contributed by atoms with E-state index in [1.165, 1.54) is 70.3 Å². The third-order valence-corrected chi connectivity index (χ3v) is 10.1. The van der Waals surface area contributed by atoms with Crippen LogP contribution in [0, 0.1) is 0 Å². The Bertz CT molecular complexity index is 1820. The number of para-hydroxylation sites is 1. The zero-order valence-corrected chi connectivity index (χ0v) is 29.6. The van der Waals surface area contributed by atoms with Gasteiger partial charge in [-0.25, -0.2) is 9.59 Å². The summed E-state index contributed by atoms with van der Waals surface area (Å²) < 4.78 is 4.94. The van der Waals surface area contributed by atoms with Gasteiger partial charge in [0.05, 0.1) is 18.2 Å². The summed E-state index contributed by atoms with van der Waals surface area (Å²) in [5.41, 5.74) is 3.29. The molecule has 2 aliphatic rings. The van der Waals surface area contributed by atoms with Gasteiger partial charge in [0.2, 0.25) is 0 Å². The van der Waals surface area contributed by atoms with Crippen molar-refractivity contribution in [3.05, 3.63) is 119 Å². The summed E-state index contributed by atoms with van der Waals surface area (Å²) in [4.78, 5) is 40.6. The third-order valence-electron chi connectivity index (χ3n) is 8.13. The first-order chi connectivity index (χ1) is 24.0. The number of hydrogen-bond acceptors (Lipinski definition) is 10. The van der Waals surface area contributed by atoms with E-state index >= 15 is 0 Å². The molecule has 4 N–H and O–H groups in total. The van der Waals surface area contributed by atoms with E-state index in [2.05, 4.69) is 65.6 Å². The maximum absolute atomic E-state index is 12.1. The number of rotatable bonds is 7. The molecule has 0 radical (unpaired) electrons. The van der Waals surface area contributed by atoms with E-state index < -0.39 is 17.7 Å². The van der Waals surface area contributed by atoms with Crippen LogP contribution in [-0.4, -0.2) is 94.5 Å². The molecule has 1 atom stereocenters. The number of hydrogen-bond donors (Lipinski definition) is 4. The van der Waals surface area contributed by atoms with Crippen LogP contribution in [0.3, 0.4) is 0 Å². The zero-order valence-electron chi connectivity index (χ0n) is 28.0. The number of likely N-dealkylation sites (N-methyl/N-ethyl adjacent to an activating group) is 1. The van der Waals surface area contributed by atoms with Gasteiger partial charge >= 0.3 is 11.9 Å². The van der Waals surface area contributed by atoms with E-state index in [0.29, 0.717) is 23.9 Å². The summed E-state index contributed by atoms with van der Waals surface area (Å²) in [5.74, 6) is -2.78. The number of nitrogens with zero attached hydrogens (tertiary/aromatic N) is 2. The maximum Gasteiger partial charge on any atom is 0.328 e. The molecule has 2 aliphatic heterocycles. The molecule has 1 saturated heterocycles. The molecule has 50 heavy (non-hydrogen) atoms. The normalized spacial score (nSPS) is 15.6. The fourth-order valence-corrected chi connectivity index (χ4v) is 7.02. The first kappa shape index (κ1) is 38.1. The molecule has 12 heteroatoms. The fraction of sp³-hybridized carbons (Fsp3) is 0.237. The van der Waals surface area contributed by atoms with Crippen molar-refractivity contribution in [2.24, 2.45) is 0 Å². The number of aliphatic carboxylic acids is 2. The summed E-state index contributed by atoms with van der Waals surface area (Å²) in [6.07, 6.45) is 4.41. The van der Waals surface area contributed by atoms with Gasteiger partial charge in [-0.1, -0.05) is 42.1 Å². The van der Waals surface area contributed by atoms with Crippen molar-refractivity contribution in [2.75, 3.05) is 46.6 Å². The van der Waals surface area contributed by atoms with Gasteiger partial charge in [0.1, 0.15) is 17.2 Å². The Morgan fingerprint density at radius 1 is 0.800 bits per heavy atom. The second kappa shape index (κ2) is 18.3. The minimum absolute atomic E-state index is 0.113. The summed E-state index contributed by atoms with van der Waals surface area (Å²) in [6.45, 7) is 4.67. The Kier molecular flexibility index (Phi) is 13.9. The highest BCUT2D eigenvalue weighted by atomic mass is 32.2. The monoisotopic (exact) mass is 716 g/mol. The van der Waals surface area contributed by atoms with Gasteiger partial charge in [-0.2, -0.15) is 0 Å². The number of piperazine rings is 1. The number of phenolic OH excluding ortho intramolecular Hbond substituents is 2. The second-order valence-electron chi connectivity index (χ2n) is 11.4. The summed E-state index contributed by atoms with van der Waals surface area (Å²) in [6, 6.07) is 27.1. The number of aromatic hydroxyl groups is 2. The number of ether oxygens (including phenoxy) is 1. The van der Waals surface area contributed by atoms with E-state index in [4.69, 9.17) is 14.9 Å². The zero-order chi connectivity index (χ0) is 36.2. The predicted molar refractivity (Wildman–Crippen MR) is 195 cm³/mol. The molecule has 2 heterocycles. The highest BCUT2D eigenvalue weighted by Crippen LogP contribution is 2.44. The van der Waals surface area contributed by atoms with Crippen molar-refractivity contribution < 1.29 is 39.5 Å². The van der Waals surface area contributed by atoms with Gasteiger partial charge in [-0.05, 0) is 79.4 Å². The number of ketones is 1. The van der Waals surface area contributed by atoms with Crippen molar-refractivity contribution in [1.82, 2.24) is 9.80 Å². The predicted octanol–water partition coefficient (Wildman–Crippen LogP) is 6.45. The molecule has 1 unspecified atom stereocenters. The SMILES string of the molecule is COc1ccc(C(=O)c2ccccc2O)c(O)c1.CSc1ccc2c(c1)C(N1CCN(C)CC1)Cc1ccccc1S2.O=C(O)C=CC(=O)O. The molecule has 10 nitrogen and oxygen atoms in total. The first-order valence-electron chi connectivity index (χ1n) is 15.7. The fourth-order valence-electron chi connectivity index (χ4n) is 5.46. The number of fused-ring (bicyclic) bond motifs is 2. The van der Waals surface area contributed by atoms with E-state index in [9.17, 15) is 24.6 Å². The molecule has 4 aromatic carbocycles. The van der Waals surface area contributed by atoms with Crippen LogP contribution in [0.1, 0.15) is 33.1 Å². The molecule has 6 rings (SSSR count). The van der Waals surface area contributed by atoms with Crippen LogP contribution in [0.5, 0.6) is 17.2 Å². The lowest BCUT2D eigenvalue weighted by Crippen LogP contribution is -2.46. The minimum atomic E-state index is -1.26. The van der Waals surface area contributed by atoms with Crippen molar-refractivity contribution in [3.8, 4) is 17.2 Å². The smallest absolute Gasteiger partial charge is 0.328 e. The molecule has 0 aliphatic carbocycles.